The lowest BCUT2D eigenvalue weighted by molar-refractivity contribution is 0.476. The van der Waals surface area contributed by atoms with Crippen LogP contribution < -0.4 is 5.73 Å². The number of benzene rings is 1. The van der Waals surface area contributed by atoms with Crippen molar-refractivity contribution in [2.24, 2.45) is 11.7 Å². The zero-order valence-electron chi connectivity index (χ0n) is 8.56. The van der Waals surface area contributed by atoms with Gasteiger partial charge in [0.05, 0.1) is 0 Å². The lowest BCUT2D eigenvalue weighted by atomic mass is 9.97. The molecule has 0 amide bonds. The summed E-state index contributed by atoms with van der Waals surface area (Å²) in [5.74, 6) is -2.69. The van der Waals surface area contributed by atoms with Crippen molar-refractivity contribution in [3.63, 3.8) is 0 Å². The van der Waals surface area contributed by atoms with Gasteiger partial charge in [0.2, 0.25) is 0 Å². The van der Waals surface area contributed by atoms with Crippen LogP contribution in [0.15, 0.2) is 12.1 Å². The van der Waals surface area contributed by atoms with E-state index in [0.29, 0.717) is 19.0 Å². The minimum absolute atomic E-state index is 0.161. The Bertz CT molecular complexity index is 339. The topological polar surface area (TPSA) is 26.0 Å². The third kappa shape index (κ3) is 3.23. The number of rotatable bonds is 4. The fraction of sp³-hybridized carbons (Fsp3) is 0.455. The molecule has 0 aliphatic rings. The highest BCUT2D eigenvalue weighted by molar-refractivity contribution is 5.20. The van der Waals surface area contributed by atoms with Crippen molar-refractivity contribution in [2.75, 3.05) is 6.54 Å². The van der Waals surface area contributed by atoms with Gasteiger partial charge in [-0.3, -0.25) is 0 Å². The number of hydrogen-bond donors (Lipinski definition) is 1. The summed E-state index contributed by atoms with van der Waals surface area (Å²) in [5, 5.41) is 0. The predicted octanol–water partition coefficient (Wildman–Crippen LogP) is 2.63. The Balaban J connectivity index is 2.81. The molecular weight excluding hydrogens is 203 g/mol. The van der Waals surface area contributed by atoms with Gasteiger partial charge in [-0.15, -0.1) is 0 Å². The quantitative estimate of drug-likeness (QED) is 0.771. The van der Waals surface area contributed by atoms with E-state index in [0.717, 1.165) is 12.5 Å². The number of hydrogen-bond acceptors (Lipinski definition) is 1. The molecule has 0 heterocycles. The van der Waals surface area contributed by atoms with E-state index in [4.69, 9.17) is 5.73 Å². The van der Waals surface area contributed by atoms with Crippen LogP contribution in [0.3, 0.4) is 0 Å². The van der Waals surface area contributed by atoms with Gasteiger partial charge < -0.3 is 5.73 Å². The minimum atomic E-state index is -1.15. The maximum absolute atomic E-state index is 13.2. The van der Waals surface area contributed by atoms with Crippen molar-refractivity contribution in [3.05, 3.63) is 35.1 Å². The average Bonchev–Trinajstić information content (AvgIpc) is 2.14. The van der Waals surface area contributed by atoms with Gasteiger partial charge in [-0.2, -0.15) is 0 Å². The molecule has 0 aliphatic heterocycles. The molecule has 1 nitrogen and oxygen atoms in total. The SMILES string of the molecule is CC(CCN)Cc1cc(F)c(F)cc1F. The Hall–Kier alpha value is -1.03. The van der Waals surface area contributed by atoms with Gasteiger partial charge in [-0.25, -0.2) is 13.2 Å². The summed E-state index contributed by atoms with van der Waals surface area (Å²) in [4.78, 5) is 0. The standard InChI is InChI=1S/C11H14F3N/c1-7(2-3-15)4-8-5-10(13)11(14)6-9(8)12/h5-7H,2-4,15H2,1H3. The number of halogens is 3. The Kier molecular flexibility index (Phi) is 4.15. The molecule has 1 aromatic rings. The molecular formula is C11H14F3N. The van der Waals surface area contributed by atoms with E-state index < -0.39 is 17.5 Å². The summed E-state index contributed by atoms with van der Waals surface area (Å²) < 4.78 is 38.6. The van der Waals surface area contributed by atoms with Crippen molar-refractivity contribution in [1.82, 2.24) is 0 Å². The van der Waals surface area contributed by atoms with Crippen molar-refractivity contribution < 1.29 is 13.2 Å². The van der Waals surface area contributed by atoms with Crippen LogP contribution in [0.5, 0.6) is 0 Å². The molecule has 0 fully saturated rings. The van der Waals surface area contributed by atoms with Crippen molar-refractivity contribution in [1.29, 1.82) is 0 Å². The highest BCUT2D eigenvalue weighted by atomic mass is 19.2. The van der Waals surface area contributed by atoms with Crippen LogP contribution in [0.1, 0.15) is 18.9 Å². The van der Waals surface area contributed by atoms with E-state index >= 15 is 0 Å². The first-order valence-corrected chi connectivity index (χ1v) is 4.88. The van der Waals surface area contributed by atoms with Gasteiger partial charge in [0, 0.05) is 6.07 Å². The van der Waals surface area contributed by atoms with Crippen molar-refractivity contribution in [3.8, 4) is 0 Å². The Morgan fingerprint density at radius 3 is 2.33 bits per heavy atom. The van der Waals surface area contributed by atoms with Crippen LogP contribution in [-0.2, 0) is 6.42 Å². The molecule has 15 heavy (non-hydrogen) atoms. The molecule has 2 N–H and O–H groups in total. The van der Waals surface area contributed by atoms with Crippen LogP contribution in [-0.4, -0.2) is 6.54 Å². The van der Waals surface area contributed by atoms with Gasteiger partial charge in [0.15, 0.2) is 11.6 Å². The zero-order valence-corrected chi connectivity index (χ0v) is 8.56. The van der Waals surface area contributed by atoms with E-state index in [1.807, 2.05) is 6.92 Å². The summed E-state index contributed by atoms with van der Waals surface area (Å²) in [6, 6.07) is 1.50. The van der Waals surface area contributed by atoms with Crippen LogP contribution in [0, 0.1) is 23.4 Å². The maximum Gasteiger partial charge on any atom is 0.161 e. The fourth-order valence-corrected chi connectivity index (χ4v) is 1.48. The molecule has 1 atom stereocenters. The van der Waals surface area contributed by atoms with E-state index in [2.05, 4.69) is 0 Å². The molecule has 1 aromatic carbocycles. The third-order valence-corrected chi connectivity index (χ3v) is 2.32. The molecule has 0 bridgehead atoms. The second-order valence-corrected chi connectivity index (χ2v) is 3.74. The molecule has 0 saturated heterocycles. The maximum atomic E-state index is 13.2. The second kappa shape index (κ2) is 5.16. The van der Waals surface area contributed by atoms with Crippen LogP contribution in [0.4, 0.5) is 13.2 Å². The smallest absolute Gasteiger partial charge is 0.161 e. The van der Waals surface area contributed by atoms with Crippen LogP contribution >= 0.6 is 0 Å². The second-order valence-electron chi connectivity index (χ2n) is 3.74. The van der Waals surface area contributed by atoms with Crippen LogP contribution in [0.2, 0.25) is 0 Å². The normalized spacial score (nSPS) is 12.9. The molecule has 0 aromatic heterocycles. The van der Waals surface area contributed by atoms with E-state index in [1.54, 1.807) is 0 Å². The van der Waals surface area contributed by atoms with Gasteiger partial charge in [0.25, 0.3) is 0 Å². The molecule has 1 rings (SSSR count). The van der Waals surface area contributed by atoms with E-state index in [-0.39, 0.29) is 11.5 Å². The minimum Gasteiger partial charge on any atom is -0.330 e. The molecule has 0 aliphatic carbocycles. The lowest BCUT2D eigenvalue weighted by Crippen LogP contribution is -2.09. The zero-order chi connectivity index (χ0) is 11.4. The summed E-state index contributed by atoms with van der Waals surface area (Å²) in [5.41, 5.74) is 5.55. The van der Waals surface area contributed by atoms with Crippen molar-refractivity contribution >= 4 is 0 Å². The Labute approximate surface area is 87.1 Å². The highest BCUT2D eigenvalue weighted by Gasteiger charge is 2.12. The first kappa shape index (κ1) is 12.0. The van der Waals surface area contributed by atoms with Crippen molar-refractivity contribution in [2.45, 2.75) is 19.8 Å². The molecule has 1 unspecified atom stereocenters. The van der Waals surface area contributed by atoms with Crippen LogP contribution in [0.25, 0.3) is 0 Å². The molecule has 0 radical (unpaired) electrons. The predicted molar refractivity (Wildman–Crippen MR) is 52.9 cm³/mol. The summed E-state index contributed by atoms with van der Waals surface area (Å²) in [7, 11) is 0. The number of nitrogens with two attached hydrogens (primary N) is 1. The molecule has 0 saturated carbocycles. The summed E-state index contributed by atoms with van der Waals surface area (Å²) >= 11 is 0. The van der Waals surface area contributed by atoms with E-state index in [1.165, 1.54) is 0 Å². The summed E-state index contributed by atoms with van der Waals surface area (Å²) in [6.45, 7) is 2.40. The Morgan fingerprint density at radius 2 is 1.73 bits per heavy atom. The first-order valence-electron chi connectivity index (χ1n) is 4.88. The fourth-order valence-electron chi connectivity index (χ4n) is 1.48. The van der Waals surface area contributed by atoms with Gasteiger partial charge in [-0.1, -0.05) is 6.92 Å². The monoisotopic (exact) mass is 217 g/mol. The molecule has 4 heteroatoms. The summed E-state index contributed by atoms with van der Waals surface area (Å²) in [6.07, 6.45) is 1.11. The molecule has 0 spiro atoms. The largest absolute Gasteiger partial charge is 0.330 e. The first-order chi connectivity index (χ1) is 7.04. The lowest BCUT2D eigenvalue weighted by Gasteiger charge is -2.10. The van der Waals surface area contributed by atoms with Gasteiger partial charge in [0.1, 0.15) is 5.82 Å². The average molecular weight is 217 g/mol. The van der Waals surface area contributed by atoms with Gasteiger partial charge >= 0.3 is 0 Å². The Morgan fingerprint density at radius 1 is 1.13 bits per heavy atom. The highest BCUT2D eigenvalue weighted by Crippen LogP contribution is 2.18. The molecule has 84 valence electrons. The van der Waals surface area contributed by atoms with Gasteiger partial charge in [-0.05, 0) is 36.9 Å². The third-order valence-electron chi connectivity index (χ3n) is 2.32. The van der Waals surface area contributed by atoms with E-state index in [9.17, 15) is 13.2 Å².